The van der Waals surface area contributed by atoms with Crippen LogP contribution in [0.1, 0.15) is 52.2 Å². The van der Waals surface area contributed by atoms with E-state index in [2.05, 4.69) is 150 Å². The maximum Gasteiger partial charge on any atom is 0.147 e. The Balaban J connectivity index is 1.50. The van der Waals surface area contributed by atoms with Crippen molar-refractivity contribution >= 4 is 39.2 Å². The van der Waals surface area contributed by atoms with Gasteiger partial charge in [-0.2, -0.15) is 0 Å². The van der Waals surface area contributed by atoms with E-state index in [4.69, 9.17) is 0 Å². The number of para-hydroxylation sites is 1. The lowest BCUT2D eigenvalue weighted by Crippen LogP contribution is -2.99. The highest BCUT2D eigenvalue weighted by molar-refractivity contribution is 6.13. The minimum atomic E-state index is -0.124. The highest BCUT2D eigenvalue weighted by Crippen LogP contribution is 2.47. The zero-order valence-electron chi connectivity index (χ0n) is 24.7. The van der Waals surface area contributed by atoms with Gasteiger partial charge >= 0.3 is 0 Å². The van der Waals surface area contributed by atoms with Gasteiger partial charge in [-0.25, -0.2) is 0 Å². The van der Waals surface area contributed by atoms with Crippen LogP contribution in [0.4, 0.5) is 11.4 Å². The molecular weight excluding hydrogens is 488 g/mol. The number of carbonyl (C=O) groups excluding carboxylic acids is 1. The Morgan fingerprint density at radius 2 is 1.40 bits per heavy atom. The largest absolute Gasteiger partial charge is 0.344 e. The molecule has 0 bridgehead atoms. The standard InChI is InChI=1S/C37H40N2O/c1-36(2,3)34-29-19-11-9-17-27(29)28-18-10-12-20-30(28)35(34)38(6)24-15-7-8-23-33-37(4,5)31-21-13-14-22-32(31)39(33)25-16-26-40/h7-15,17-24,26H,16,25H2,1-6H3/p+1/b8-7+,24-15+,33-23-. The molecular formula is C37H41N2O+. The second-order valence-corrected chi connectivity index (χ2v) is 12.3. The molecule has 4 aromatic carbocycles. The van der Waals surface area contributed by atoms with Crippen molar-refractivity contribution in [3.8, 4) is 0 Å². The van der Waals surface area contributed by atoms with E-state index in [1.165, 1.54) is 54.6 Å². The number of hydrogen-bond donors (Lipinski definition) is 1. The molecule has 0 spiro atoms. The Kier molecular flexibility index (Phi) is 7.53. The Labute approximate surface area is 239 Å². The molecule has 1 unspecified atom stereocenters. The van der Waals surface area contributed by atoms with E-state index in [9.17, 15) is 4.79 Å². The van der Waals surface area contributed by atoms with Gasteiger partial charge in [0.2, 0.25) is 0 Å². The minimum absolute atomic E-state index is 0.0115. The van der Waals surface area contributed by atoms with Gasteiger partial charge in [0.15, 0.2) is 0 Å². The molecule has 0 aromatic heterocycles. The summed E-state index contributed by atoms with van der Waals surface area (Å²) in [5.41, 5.74) is 6.31. The lowest BCUT2D eigenvalue weighted by atomic mass is 9.80. The van der Waals surface area contributed by atoms with Crippen molar-refractivity contribution in [2.45, 2.75) is 51.9 Å². The second-order valence-electron chi connectivity index (χ2n) is 12.3. The number of anilines is 1. The lowest BCUT2D eigenvalue weighted by Gasteiger charge is -2.27. The predicted molar refractivity (Wildman–Crippen MR) is 171 cm³/mol. The third-order valence-corrected chi connectivity index (χ3v) is 8.17. The van der Waals surface area contributed by atoms with Crippen LogP contribution in [0.15, 0.2) is 109 Å². The molecule has 0 fully saturated rings. The second kappa shape index (κ2) is 10.9. The molecule has 1 aliphatic heterocycles. The van der Waals surface area contributed by atoms with Crippen molar-refractivity contribution in [2.24, 2.45) is 0 Å². The number of rotatable bonds is 7. The molecule has 1 N–H and O–H groups in total. The van der Waals surface area contributed by atoms with E-state index >= 15 is 0 Å². The number of aldehydes is 1. The fourth-order valence-corrected chi connectivity index (χ4v) is 6.39. The average molecular weight is 530 g/mol. The topological polar surface area (TPSA) is 24.8 Å². The molecule has 0 saturated carbocycles. The van der Waals surface area contributed by atoms with Crippen LogP contribution in [0.5, 0.6) is 0 Å². The molecule has 0 amide bonds. The number of nitrogens with one attached hydrogen (secondary N) is 1. The zero-order chi connectivity index (χ0) is 28.5. The van der Waals surface area contributed by atoms with Crippen molar-refractivity contribution in [1.29, 1.82) is 0 Å². The molecule has 0 radical (unpaired) electrons. The van der Waals surface area contributed by atoms with Crippen LogP contribution in [0.3, 0.4) is 0 Å². The Hall–Kier alpha value is -3.95. The van der Waals surface area contributed by atoms with Gasteiger partial charge in [0.05, 0.1) is 13.2 Å². The summed E-state index contributed by atoms with van der Waals surface area (Å²) in [5, 5.41) is 5.24. The number of quaternary nitrogens is 1. The van der Waals surface area contributed by atoms with E-state index < -0.39 is 0 Å². The monoisotopic (exact) mass is 529 g/mol. The van der Waals surface area contributed by atoms with Crippen molar-refractivity contribution in [3.05, 3.63) is 120 Å². The van der Waals surface area contributed by atoms with Gasteiger partial charge in [-0.1, -0.05) is 107 Å². The summed E-state index contributed by atoms with van der Waals surface area (Å²) in [4.78, 5) is 14.7. The Bertz CT molecular complexity index is 1650. The predicted octanol–water partition coefficient (Wildman–Crippen LogP) is 7.78. The third-order valence-electron chi connectivity index (χ3n) is 8.17. The Morgan fingerprint density at radius 1 is 0.800 bits per heavy atom. The summed E-state index contributed by atoms with van der Waals surface area (Å²) in [7, 11) is 2.23. The van der Waals surface area contributed by atoms with Gasteiger partial charge in [0.1, 0.15) is 12.0 Å². The highest BCUT2D eigenvalue weighted by atomic mass is 16.1. The van der Waals surface area contributed by atoms with Crippen LogP contribution in [0.25, 0.3) is 21.5 Å². The molecule has 1 heterocycles. The molecule has 1 aliphatic rings. The van der Waals surface area contributed by atoms with Crippen LogP contribution in [-0.4, -0.2) is 19.9 Å². The van der Waals surface area contributed by atoms with Gasteiger partial charge in [0, 0.05) is 40.7 Å². The molecule has 0 aliphatic carbocycles. The molecule has 4 aromatic rings. The number of fused-ring (bicyclic) bond motifs is 4. The fraction of sp³-hybridized carbons (Fsp3) is 0.270. The quantitative estimate of drug-likeness (QED) is 0.150. The first kappa shape index (κ1) is 27.6. The first-order chi connectivity index (χ1) is 19.2. The Morgan fingerprint density at radius 3 is 2.08 bits per heavy atom. The van der Waals surface area contributed by atoms with Crippen molar-refractivity contribution < 1.29 is 9.69 Å². The SMILES string of the molecule is C[NH+](/C=C/C=C/C=C1\N(CCC=O)c2ccccc2C1(C)C)c1c(C(C)(C)C)c2ccccc2c2ccccc12. The molecule has 1 atom stereocenters. The summed E-state index contributed by atoms with van der Waals surface area (Å²) in [6.45, 7) is 12.2. The lowest BCUT2D eigenvalue weighted by molar-refractivity contribution is -0.749. The van der Waals surface area contributed by atoms with Crippen LogP contribution >= 0.6 is 0 Å². The number of carbonyl (C=O) groups is 1. The van der Waals surface area contributed by atoms with Gasteiger partial charge in [-0.05, 0) is 51.4 Å². The summed E-state index contributed by atoms with van der Waals surface area (Å²) < 4.78 is 0. The normalized spacial score (nSPS) is 16.9. The third kappa shape index (κ3) is 4.91. The number of benzene rings is 4. The van der Waals surface area contributed by atoms with E-state index in [0.29, 0.717) is 13.0 Å². The van der Waals surface area contributed by atoms with E-state index in [0.717, 1.165) is 6.29 Å². The van der Waals surface area contributed by atoms with Crippen LogP contribution in [-0.2, 0) is 15.6 Å². The first-order valence-electron chi connectivity index (χ1n) is 14.3. The number of nitrogens with zero attached hydrogens (tertiary/aromatic N) is 1. The summed E-state index contributed by atoms with van der Waals surface area (Å²) in [5.74, 6) is 0. The van der Waals surface area contributed by atoms with E-state index in [1.807, 2.05) is 0 Å². The molecule has 0 saturated heterocycles. The van der Waals surface area contributed by atoms with Crippen LogP contribution in [0, 0.1) is 0 Å². The fourth-order valence-electron chi connectivity index (χ4n) is 6.39. The summed E-state index contributed by atoms with van der Waals surface area (Å²) in [6.07, 6.45) is 12.3. The van der Waals surface area contributed by atoms with Crippen molar-refractivity contribution in [1.82, 2.24) is 0 Å². The molecule has 3 nitrogen and oxygen atoms in total. The summed E-state index contributed by atoms with van der Waals surface area (Å²) >= 11 is 0. The summed E-state index contributed by atoms with van der Waals surface area (Å²) in [6, 6.07) is 26.1. The minimum Gasteiger partial charge on any atom is -0.344 e. The molecule has 204 valence electrons. The van der Waals surface area contributed by atoms with Gasteiger partial charge in [0.25, 0.3) is 0 Å². The van der Waals surface area contributed by atoms with Crippen molar-refractivity contribution in [3.63, 3.8) is 0 Å². The molecule has 40 heavy (non-hydrogen) atoms. The first-order valence-corrected chi connectivity index (χ1v) is 14.3. The van der Waals surface area contributed by atoms with Crippen molar-refractivity contribution in [2.75, 3.05) is 18.5 Å². The van der Waals surface area contributed by atoms with Gasteiger partial charge < -0.3 is 9.69 Å². The zero-order valence-corrected chi connectivity index (χ0v) is 24.7. The highest BCUT2D eigenvalue weighted by Gasteiger charge is 2.39. The maximum absolute atomic E-state index is 11.2. The van der Waals surface area contributed by atoms with E-state index in [1.54, 1.807) is 0 Å². The number of hydrogen-bond acceptors (Lipinski definition) is 2. The molecule has 3 heteroatoms. The number of allylic oxidation sites excluding steroid dienone is 5. The molecule has 5 rings (SSSR count). The smallest absolute Gasteiger partial charge is 0.147 e. The van der Waals surface area contributed by atoms with Crippen LogP contribution in [0.2, 0.25) is 0 Å². The van der Waals surface area contributed by atoms with Crippen LogP contribution < -0.4 is 9.80 Å². The van der Waals surface area contributed by atoms with Gasteiger partial charge in [-0.3, -0.25) is 4.90 Å². The van der Waals surface area contributed by atoms with E-state index in [-0.39, 0.29) is 10.8 Å². The van der Waals surface area contributed by atoms with Gasteiger partial charge in [-0.15, -0.1) is 0 Å². The average Bonchev–Trinajstić information content (AvgIpc) is 3.15. The maximum atomic E-state index is 11.2.